The topological polar surface area (TPSA) is 49.4 Å². The lowest BCUT2D eigenvalue weighted by Crippen LogP contribution is -2.31. The van der Waals surface area contributed by atoms with Crippen LogP contribution in [0.3, 0.4) is 0 Å². The zero-order chi connectivity index (χ0) is 16.7. The molecule has 4 nitrogen and oxygen atoms in total. The molecule has 4 rings (SSSR count). The Balaban J connectivity index is 1.40. The third-order valence-electron chi connectivity index (χ3n) is 4.71. The highest BCUT2D eigenvalue weighted by Crippen LogP contribution is 2.43. The fraction of sp³-hybridized carbons (Fsp3) is 0.263. The summed E-state index contributed by atoms with van der Waals surface area (Å²) in [6.45, 7) is 0.709. The van der Waals surface area contributed by atoms with E-state index >= 15 is 0 Å². The highest BCUT2D eigenvalue weighted by Gasteiger charge is 2.50. The van der Waals surface area contributed by atoms with Gasteiger partial charge in [-0.3, -0.25) is 9.59 Å². The molecule has 2 amide bonds. The van der Waals surface area contributed by atoms with Crippen LogP contribution in [0.5, 0.6) is 0 Å². The first kappa shape index (κ1) is 15.2. The second-order valence-corrected chi connectivity index (χ2v) is 6.75. The summed E-state index contributed by atoms with van der Waals surface area (Å²) in [6, 6.07) is 15.0. The molecular weight excluding hydrogens is 324 g/mol. The maximum absolute atomic E-state index is 12.7. The molecule has 1 saturated carbocycles. The SMILES string of the molecule is O=C(Nc1ccc(Cl)cc1)C1CC1C(=O)N1CCc2ccccc21. The van der Waals surface area contributed by atoms with Gasteiger partial charge in [0.25, 0.3) is 0 Å². The Morgan fingerprint density at radius 2 is 1.79 bits per heavy atom. The van der Waals surface area contributed by atoms with Crippen LogP contribution in [0.15, 0.2) is 48.5 Å². The molecule has 0 aromatic heterocycles. The number of nitrogens with one attached hydrogen (secondary N) is 1. The summed E-state index contributed by atoms with van der Waals surface area (Å²) in [7, 11) is 0. The Hall–Kier alpha value is -2.33. The van der Waals surface area contributed by atoms with E-state index in [1.807, 2.05) is 23.1 Å². The van der Waals surface area contributed by atoms with E-state index in [0.717, 1.165) is 12.1 Å². The van der Waals surface area contributed by atoms with Crippen LogP contribution in [-0.2, 0) is 16.0 Å². The second-order valence-electron chi connectivity index (χ2n) is 6.31. The molecule has 1 N–H and O–H groups in total. The lowest BCUT2D eigenvalue weighted by molar-refractivity contribution is -0.123. The molecule has 1 aliphatic heterocycles. The van der Waals surface area contributed by atoms with Gasteiger partial charge in [0.2, 0.25) is 11.8 Å². The zero-order valence-corrected chi connectivity index (χ0v) is 13.8. The predicted molar refractivity (Wildman–Crippen MR) is 94.2 cm³/mol. The molecule has 2 aromatic carbocycles. The Kier molecular flexibility index (Phi) is 3.77. The fourth-order valence-corrected chi connectivity index (χ4v) is 3.42. The van der Waals surface area contributed by atoms with Crippen molar-refractivity contribution < 1.29 is 9.59 Å². The number of amides is 2. The zero-order valence-electron chi connectivity index (χ0n) is 13.0. The molecule has 2 aromatic rings. The van der Waals surface area contributed by atoms with Gasteiger partial charge in [0.05, 0.1) is 11.8 Å². The molecule has 24 heavy (non-hydrogen) atoms. The van der Waals surface area contributed by atoms with E-state index < -0.39 is 0 Å². The van der Waals surface area contributed by atoms with Crippen LogP contribution in [0.25, 0.3) is 0 Å². The highest BCUT2D eigenvalue weighted by molar-refractivity contribution is 6.30. The van der Waals surface area contributed by atoms with Gasteiger partial charge in [0.15, 0.2) is 0 Å². The Morgan fingerprint density at radius 3 is 2.58 bits per heavy atom. The lowest BCUT2D eigenvalue weighted by atomic mass is 10.2. The van der Waals surface area contributed by atoms with Crippen molar-refractivity contribution in [2.75, 3.05) is 16.8 Å². The van der Waals surface area contributed by atoms with E-state index in [0.29, 0.717) is 23.7 Å². The standard InChI is InChI=1S/C19H17ClN2O2/c20-13-5-7-14(8-6-13)21-18(23)15-11-16(15)19(24)22-10-9-12-3-1-2-4-17(12)22/h1-8,15-16H,9-11H2,(H,21,23). The number of hydrogen-bond donors (Lipinski definition) is 1. The minimum absolute atomic E-state index is 0.0659. The van der Waals surface area contributed by atoms with E-state index in [1.165, 1.54) is 5.56 Å². The summed E-state index contributed by atoms with van der Waals surface area (Å²) < 4.78 is 0. The molecule has 0 bridgehead atoms. The van der Waals surface area contributed by atoms with Crippen molar-refractivity contribution in [2.45, 2.75) is 12.8 Å². The van der Waals surface area contributed by atoms with Gasteiger partial charge in [-0.1, -0.05) is 29.8 Å². The molecular formula is C19H17ClN2O2. The highest BCUT2D eigenvalue weighted by atomic mass is 35.5. The number of fused-ring (bicyclic) bond motifs is 1. The van der Waals surface area contributed by atoms with Gasteiger partial charge >= 0.3 is 0 Å². The Labute approximate surface area is 145 Å². The second kappa shape index (κ2) is 5.95. The van der Waals surface area contributed by atoms with Crippen molar-refractivity contribution >= 4 is 34.8 Å². The quantitative estimate of drug-likeness (QED) is 0.929. The van der Waals surface area contributed by atoms with Crippen LogP contribution in [0, 0.1) is 11.8 Å². The van der Waals surface area contributed by atoms with Crippen LogP contribution in [0.1, 0.15) is 12.0 Å². The summed E-state index contributed by atoms with van der Waals surface area (Å²) in [5.41, 5.74) is 2.90. The number of benzene rings is 2. The van der Waals surface area contributed by atoms with Crippen LogP contribution >= 0.6 is 11.6 Å². The molecule has 0 radical (unpaired) electrons. The maximum atomic E-state index is 12.7. The van der Waals surface area contributed by atoms with E-state index in [4.69, 9.17) is 11.6 Å². The van der Waals surface area contributed by atoms with Crippen LogP contribution < -0.4 is 10.2 Å². The molecule has 1 heterocycles. The largest absolute Gasteiger partial charge is 0.326 e. The molecule has 1 fully saturated rings. The number of carbonyl (C=O) groups is 2. The monoisotopic (exact) mass is 340 g/mol. The number of carbonyl (C=O) groups excluding carboxylic acids is 2. The van der Waals surface area contributed by atoms with E-state index in [-0.39, 0.29) is 23.7 Å². The average molecular weight is 341 g/mol. The lowest BCUT2D eigenvalue weighted by Gasteiger charge is -2.17. The van der Waals surface area contributed by atoms with Gasteiger partial charge in [-0.2, -0.15) is 0 Å². The molecule has 5 heteroatoms. The van der Waals surface area contributed by atoms with Crippen molar-refractivity contribution in [3.05, 3.63) is 59.1 Å². The summed E-state index contributed by atoms with van der Waals surface area (Å²) in [4.78, 5) is 26.9. The minimum Gasteiger partial charge on any atom is -0.326 e. The fourth-order valence-electron chi connectivity index (χ4n) is 3.29. The Bertz CT molecular complexity index is 803. The van der Waals surface area contributed by atoms with Crippen molar-refractivity contribution in [2.24, 2.45) is 11.8 Å². The average Bonchev–Trinajstić information content (AvgIpc) is 3.29. The van der Waals surface area contributed by atoms with Gasteiger partial charge in [-0.05, 0) is 48.7 Å². The van der Waals surface area contributed by atoms with Gasteiger partial charge in [-0.25, -0.2) is 0 Å². The predicted octanol–water partition coefficient (Wildman–Crippen LogP) is 3.50. The smallest absolute Gasteiger partial charge is 0.230 e. The number of nitrogens with zero attached hydrogens (tertiary/aromatic N) is 1. The third-order valence-corrected chi connectivity index (χ3v) is 4.96. The third kappa shape index (κ3) is 2.78. The molecule has 0 saturated heterocycles. The first-order valence-electron chi connectivity index (χ1n) is 8.09. The maximum Gasteiger partial charge on any atom is 0.230 e. The number of hydrogen-bond acceptors (Lipinski definition) is 2. The van der Waals surface area contributed by atoms with Crippen molar-refractivity contribution in [3.8, 4) is 0 Å². The molecule has 2 unspecified atom stereocenters. The van der Waals surface area contributed by atoms with E-state index in [9.17, 15) is 9.59 Å². The van der Waals surface area contributed by atoms with Gasteiger partial charge in [0, 0.05) is 22.9 Å². The van der Waals surface area contributed by atoms with Gasteiger partial charge < -0.3 is 10.2 Å². The van der Waals surface area contributed by atoms with E-state index in [1.54, 1.807) is 24.3 Å². The molecule has 2 atom stereocenters. The number of para-hydroxylation sites is 1. The van der Waals surface area contributed by atoms with Crippen molar-refractivity contribution in [3.63, 3.8) is 0 Å². The van der Waals surface area contributed by atoms with Crippen LogP contribution in [0.2, 0.25) is 5.02 Å². The van der Waals surface area contributed by atoms with E-state index in [2.05, 4.69) is 11.4 Å². The minimum atomic E-state index is -0.235. The molecule has 122 valence electrons. The summed E-state index contributed by atoms with van der Waals surface area (Å²) in [5, 5.41) is 3.48. The number of anilines is 2. The van der Waals surface area contributed by atoms with Crippen LogP contribution in [0.4, 0.5) is 11.4 Å². The first-order chi connectivity index (χ1) is 11.6. The van der Waals surface area contributed by atoms with Crippen LogP contribution in [-0.4, -0.2) is 18.4 Å². The molecule has 0 spiro atoms. The first-order valence-corrected chi connectivity index (χ1v) is 8.47. The summed E-state index contributed by atoms with van der Waals surface area (Å²) >= 11 is 5.84. The van der Waals surface area contributed by atoms with Crippen molar-refractivity contribution in [1.82, 2.24) is 0 Å². The number of rotatable bonds is 3. The Morgan fingerprint density at radius 1 is 1.04 bits per heavy atom. The molecule has 2 aliphatic rings. The normalized spacial score (nSPS) is 21.3. The van der Waals surface area contributed by atoms with Gasteiger partial charge in [-0.15, -0.1) is 0 Å². The molecule has 1 aliphatic carbocycles. The van der Waals surface area contributed by atoms with Crippen molar-refractivity contribution in [1.29, 1.82) is 0 Å². The van der Waals surface area contributed by atoms with Gasteiger partial charge in [0.1, 0.15) is 0 Å². The summed E-state index contributed by atoms with van der Waals surface area (Å²) in [6.07, 6.45) is 1.51. The summed E-state index contributed by atoms with van der Waals surface area (Å²) in [5.74, 6) is -0.469. The number of halogens is 1.